The van der Waals surface area contributed by atoms with E-state index < -0.39 is 0 Å². The predicted octanol–water partition coefficient (Wildman–Crippen LogP) is 3.15. The fraction of sp³-hybridized carbons (Fsp3) is 0.100. The highest BCUT2D eigenvalue weighted by Gasteiger charge is 1.94. The maximum absolute atomic E-state index is 4.41. The molecule has 0 fully saturated rings. The van der Waals surface area contributed by atoms with Crippen LogP contribution in [0, 0.1) is 10.5 Å². The van der Waals surface area contributed by atoms with Gasteiger partial charge in [0.1, 0.15) is 0 Å². The molecule has 0 bridgehead atoms. The van der Waals surface area contributed by atoms with Crippen LogP contribution in [0.3, 0.4) is 0 Å². The first-order valence-corrected chi connectivity index (χ1v) is 4.86. The average Bonchev–Trinajstić information content (AvgIpc) is 2.05. The summed E-state index contributed by atoms with van der Waals surface area (Å²) in [6.07, 6.45) is 0. The molecular weight excluding hydrogens is 261 g/mol. The second-order valence-corrected chi connectivity index (χ2v) is 4.04. The highest BCUT2D eigenvalue weighted by molar-refractivity contribution is 14.1. The van der Waals surface area contributed by atoms with E-state index in [1.54, 1.807) is 0 Å². The van der Waals surface area contributed by atoms with Crippen LogP contribution >= 0.6 is 22.6 Å². The zero-order valence-corrected chi connectivity index (χ0v) is 8.87. The Labute approximate surface area is 85.0 Å². The summed E-state index contributed by atoms with van der Waals surface area (Å²) in [4.78, 5) is 4.41. The van der Waals surface area contributed by atoms with Gasteiger partial charge in [0.25, 0.3) is 0 Å². The number of hydrogen-bond donors (Lipinski definition) is 0. The average molecular weight is 269 g/mol. The molecule has 1 aromatic carbocycles. The van der Waals surface area contributed by atoms with Gasteiger partial charge in [0.05, 0.1) is 5.52 Å². The van der Waals surface area contributed by atoms with Gasteiger partial charge in [0.2, 0.25) is 0 Å². The third-order valence-corrected chi connectivity index (χ3v) is 2.46. The number of aryl methyl sites for hydroxylation is 1. The van der Waals surface area contributed by atoms with E-state index in [9.17, 15) is 0 Å². The molecule has 0 saturated heterocycles. The van der Waals surface area contributed by atoms with Gasteiger partial charge in [-0.3, -0.25) is 4.98 Å². The Morgan fingerprint density at radius 2 is 2.00 bits per heavy atom. The minimum atomic E-state index is 1.07. The standard InChI is InChI=1S/C10H8IN/c1-7-2-3-8-6-9(11)4-5-10(8)12-7/h2-6H,1H3. The van der Waals surface area contributed by atoms with Crippen LogP contribution in [0.25, 0.3) is 10.9 Å². The first-order chi connectivity index (χ1) is 5.75. The molecule has 0 unspecified atom stereocenters. The van der Waals surface area contributed by atoms with Gasteiger partial charge in [-0.05, 0) is 53.8 Å². The van der Waals surface area contributed by atoms with E-state index in [4.69, 9.17) is 0 Å². The number of hydrogen-bond acceptors (Lipinski definition) is 1. The Hall–Kier alpha value is -0.640. The van der Waals surface area contributed by atoms with Crippen molar-refractivity contribution in [3.63, 3.8) is 0 Å². The fourth-order valence-electron chi connectivity index (χ4n) is 1.20. The monoisotopic (exact) mass is 269 g/mol. The third-order valence-electron chi connectivity index (χ3n) is 1.79. The lowest BCUT2D eigenvalue weighted by atomic mass is 10.2. The second-order valence-electron chi connectivity index (χ2n) is 2.79. The van der Waals surface area contributed by atoms with E-state index in [1.165, 1.54) is 8.96 Å². The van der Waals surface area contributed by atoms with Crippen molar-refractivity contribution in [1.29, 1.82) is 0 Å². The minimum Gasteiger partial charge on any atom is -0.253 e. The van der Waals surface area contributed by atoms with Gasteiger partial charge >= 0.3 is 0 Å². The third kappa shape index (κ3) is 1.43. The number of halogens is 1. The molecule has 1 heterocycles. The Balaban J connectivity index is 2.79. The molecule has 60 valence electrons. The summed E-state index contributed by atoms with van der Waals surface area (Å²) >= 11 is 2.31. The Morgan fingerprint density at radius 3 is 2.83 bits per heavy atom. The molecule has 2 rings (SSSR count). The van der Waals surface area contributed by atoms with E-state index in [0.29, 0.717) is 0 Å². The summed E-state index contributed by atoms with van der Waals surface area (Å²) in [6.45, 7) is 2.01. The molecule has 1 nitrogen and oxygen atoms in total. The number of nitrogens with zero attached hydrogens (tertiary/aromatic N) is 1. The molecule has 2 aromatic rings. The lowest BCUT2D eigenvalue weighted by Gasteiger charge is -1.98. The Kier molecular flexibility index (Phi) is 2.00. The molecule has 0 saturated carbocycles. The molecular formula is C10H8IN. The van der Waals surface area contributed by atoms with Crippen LogP contribution in [-0.4, -0.2) is 4.98 Å². The van der Waals surface area contributed by atoms with E-state index in [1.807, 2.05) is 13.0 Å². The highest BCUT2D eigenvalue weighted by Crippen LogP contribution is 2.15. The van der Waals surface area contributed by atoms with E-state index in [0.717, 1.165) is 11.2 Å². The van der Waals surface area contributed by atoms with Crippen LogP contribution in [0.1, 0.15) is 5.69 Å². The molecule has 1 aromatic heterocycles. The normalized spacial score (nSPS) is 10.5. The summed E-state index contributed by atoms with van der Waals surface area (Å²) < 4.78 is 1.26. The molecule has 2 heteroatoms. The second kappa shape index (κ2) is 3.01. The molecule has 0 atom stereocenters. The zero-order chi connectivity index (χ0) is 8.55. The predicted molar refractivity (Wildman–Crippen MR) is 59.2 cm³/mol. The van der Waals surface area contributed by atoms with Crippen molar-refractivity contribution in [1.82, 2.24) is 4.98 Å². The largest absolute Gasteiger partial charge is 0.253 e. The van der Waals surface area contributed by atoms with Gasteiger partial charge in [-0.1, -0.05) is 6.07 Å². The van der Waals surface area contributed by atoms with Gasteiger partial charge < -0.3 is 0 Å². The SMILES string of the molecule is Cc1ccc2cc(I)ccc2n1. The van der Waals surface area contributed by atoms with Gasteiger partial charge in [-0.25, -0.2) is 0 Å². The van der Waals surface area contributed by atoms with Crippen molar-refractivity contribution in [2.75, 3.05) is 0 Å². The van der Waals surface area contributed by atoms with E-state index in [2.05, 4.69) is 51.8 Å². The molecule has 0 aliphatic heterocycles. The quantitative estimate of drug-likeness (QED) is 0.669. The number of rotatable bonds is 0. The van der Waals surface area contributed by atoms with Crippen molar-refractivity contribution in [2.45, 2.75) is 6.92 Å². The van der Waals surface area contributed by atoms with Crippen LogP contribution in [0.15, 0.2) is 30.3 Å². The summed E-state index contributed by atoms with van der Waals surface area (Å²) in [5, 5.41) is 1.22. The van der Waals surface area contributed by atoms with Crippen molar-refractivity contribution in [3.05, 3.63) is 39.6 Å². The molecule has 0 N–H and O–H groups in total. The lowest BCUT2D eigenvalue weighted by molar-refractivity contribution is 1.25. The number of fused-ring (bicyclic) bond motifs is 1. The van der Waals surface area contributed by atoms with E-state index >= 15 is 0 Å². The lowest BCUT2D eigenvalue weighted by Crippen LogP contribution is -1.82. The van der Waals surface area contributed by atoms with Gasteiger partial charge in [0.15, 0.2) is 0 Å². The molecule has 0 radical (unpaired) electrons. The van der Waals surface area contributed by atoms with Crippen LogP contribution in [-0.2, 0) is 0 Å². The summed E-state index contributed by atoms with van der Waals surface area (Å²) in [5.41, 5.74) is 2.15. The Morgan fingerprint density at radius 1 is 1.17 bits per heavy atom. The highest BCUT2D eigenvalue weighted by atomic mass is 127. The van der Waals surface area contributed by atoms with Crippen LogP contribution < -0.4 is 0 Å². The summed E-state index contributed by atoms with van der Waals surface area (Å²) in [6, 6.07) is 10.4. The maximum Gasteiger partial charge on any atom is 0.0705 e. The Bertz CT molecular complexity index is 382. The van der Waals surface area contributed by atoms with Crippen LogP contribution in [0.5, 0.6) is 0 Å². The number of pyridine rings is 1. The topological polar surface area (TPSA) is 12.9 Å². The van der Waals surface area contributed by atoms with Crippen LogP contribution in [0.2, 0.25) is 0 Å². The molecule has 0 spiro atoms. The van der Waals surface area contributed by atoms with Gasteiger partial charge in [0, 0.05) is 14.7 Å². The van der Waals surface area contributed by atoms with Crippen LogP contribution in [0.4, 0.5) is 0 Å². The smallest absolute Gasteiger partial charge is 0.0705 e. The first-order valence-electron chi connectivity index (χ1n) is 3.78. The van der Waals surface area contributed by atoms with Crippen molar-refractivity contribution in [3.8, 4) is 0 Å². The number of benzene rings is 1. The van der Waals surface area contributed by atoms with Crippen molar-refractivity contribution in [2.24, 2.45) is 0 Å². The van der Waals surface area contributed by atoms with Crippen molar-refractivity contribution < 1.29 is 0 Å². The van der Waals surface area contributed by atoms with Crippen molar-refractivity contribution >= 4 is 33.5 Å². The van der Waals surface area contributed by atoms with Gasteiger partial charge in [-0.15, -0.1) is 0 Å². The minimum absolute atomic E-state index is 1.07. The molecule has 12 heavy (non-hydrogen) atoms. The zero-order valence-electron chi connectivity index (χ0n) is 6.71. The van der Waals surface area contributed by atoms with E-state index in [-0.39, 0.29) is 0 Å². The number of aromatic nitrogens is 1. The summed E-state index contributed by atoms with van der Waals surface area (Å²) in [7, 11) is 0. The summed E-state index contributed by atoms with van der Waals surface area (Å²) in [5.74, 6) is 0. The fourth-order valence-corrected chi connectivity index (χ4v) is 1.71. The molecule has 0 amide bonds. The van der Waals surface area contributed by atoms with Gasteiger partial charge in [-0.2, -0.15) is 0 Å². The molecule has 0 aliphatic carbocycles. The maximum atomic E-state index is 4.41. The molecule has 0 aliphatic rings. The first kappa shape index (κ1) is 7.98.